The molecule has 6 N–H and O–H groups in total. The van der Waals surface area contributed by atoms with E-state index in [1.165, 1.54) is 17.0 Å². The van der Waals surface area contributed by atoms with Gasteiger partial charge in [0, 0.05) is 50.2 Å². The molecule has 0 radical (unpaired) electrons. The largest absolute Gasteiger partial charge is 0.368 e. The van der Waals surface area contributed by atoms with Crippen molar-refractivity contribution in [2.75, 3.05) is 51.2 Å². The van der Waals surface area contributed by atoms with Gasteiger partial charge in [-0.1, -0.05) is 57.7 Å². The molecular formula is C45H61FN8O5. The summed E-state index contributed by atoms with van der Waals surface area (Å²) in [7, 11) is 1.65. The summed E-state index contributed by atoms with van der Waals surface area (Å²) >= 11 is 0. The molecule has 0 spiro atoms. The Balaban J connectivity index is 1.42. The lowest BCUT2D eigenvalue weighted by molar-refractivity contribution is -0.145. The summed E-state index contributed by atoms with van der Waals surface area (Å²) in [4.78, 5) is 73.8. The van der Waals surface area contributed by atoms with Gasteiger partial charge in [-0.3, -0.25) is 28.9 Å². The van der Waals surface area contributed by atoms with Crippen molar-refractivity contribution in [3.63, 3.8) is 0 Å². The van der Waals surface area contributed by atoms with E-state index in [9.17, 15) is 28.4 Å². The highest BCUT2D eigenvalue weighted by Crippen LogP contribution is 2.42. The quantitative estimate of drug-likeness (QED) is 0.193. The third-order valence-electron chi connectivity index (χ3n) is 11.6. The lowest BCUT2D eigenvalue weighted by Gasteiger charge is -2.41. The van der Waals surface area contributed by atoms with E-state index in [1.54, 1.807) is 49.2 Å². The van der Waals surface area contributed by atoms with Crippen LogP contribution in [0, 0.1) is 11.2 Å². The number of nitrogens with one attached hydrogen (secondary N) is 4. The molecule has 4 unspecified atom stereocenters. The predicted octanol–water partition coefficient (Wildman–Crippen LogP) is 3.04. The Kier molecular flexibility index (Phi) is 14.3. The van der Waals surface area contributed by atoms with Crippen molar-refractivity contribution in [2.45, 2.75) is 90.4 Å². The molecule has 59 heavy (non-hydrogen) atoms. The fourth-order valence-corrected chi connectivity index (χ4v) is 8.04. The molecule has 0 aliphatic carbocycles. The zero-order valence-corrected chi connectivity index (χ0v) is 35.5. The van der Waals surface area contributed by atoms with E-state index in [0.29, 0.717) is 29.8 Å². The summed E-state index contributed by atoms with van der Waals surface area (Å²) in [6.07, 6.45) is 6.19. The third-order valence-corrected chi connectivity index (χ3v) is 11.6. The molecule has 0 aromatic heterocycles. The average molecular weight is 813 g/mol. The summed E-state index contributed by atoms with van der Waals surface area (Å²) < 4.78 is 13.7. The number of carbonyl (C=O) groups is 5. The molecule has 3 aliphatic rings. The van der Waals surface area contributed by atoms with Crippen LogP contribution >= 0.6 is 0 Å². The smallest absolute Gasteiger partial charge is 0.246 e. The minimum absolute atomic E-state index is 0.0463. The first-order chi connectivity index (χ1) is 27.8. The van der Waals surface area contributed by atoms with Crippen LogP contribution in [0.15, 0.2) is 78.5 Å². The molecule has 3 heterocycles. The lowest BCUT2D eigenvalue weighted by atomic mass is 9.82. The van der Waals surface area contributed by atoms with Gasteiger partial charge in [0.05, 0.1) is 18.0 Å². The van der Waals surface area contributed by atoms with Crippen molar-refractivity contribution in [1.82, 2.24) is 31.1 Å². The van der Waals surface area contributed by atoms with E-state index in [-0.39, 0.29) is 55.6 Å². The highest BCUT2D eigenvalue weighted by Gasteiger charge is 2.47. The molecule has 5 amide bonds. The van der Waals surface area contributed by atoms with E-state index in [2.05, 4.69) is 39.7 Å². The first-order valence-electron chi connectivity index (χ1n) is 20.4. The minimum atomic E-state index is -1.15. The number of halogens is 1. The van der Waals surface area contributed by atoms with E-state index >= 15 is 0 Å². The Hall–Kier alpha value is -5.18. The predicted molar refractivity (Wildman–Crippen MR) is 228 cm³/mol. The second kappa shape index (κ2) is 18.8. The van der Waals surface area contributed by atoms with Crippen LogP contribution in [0.25, 0.3) is 0 Å². The number of piperazine rings is 1. The van der Waals surface area contributed by atoms with Crippen LogP contribution in [0.2, 0.25) is 0 Å². The van der Waals surface area contributed by atoms with E-state index in [0.717, 1.165) is 36.3 Å². The van der Waals surface area contributed by atoms with Crippen molar-refractivity contribution in [1.29, 1.82) is 0 Å². The summed E-state index contributed by atoms with van der Waals surface area (Å²) in [6, 6.07) is 9.96. The standard InChI is InChI=1S/C45H61FN8O5/c1-9-10-34(22-32-14-18-36(40(47)56)53(25-32)42(58)39(44(4,5)6)51-41(57)29(3)48-8)50-43(59)45(7)27-54(38(55)26-52-20-19-49-28(2)24-52)37-23-31(13-17-35(37)45)21-30-11-15-33(46)16-12-30/h9-13,15-17,22-23,28-29,36,39,48-49H,1,14,18-21,24-27H2,2-8H3,(H2,47,56)(H,50,59)(H,51,57)/b32-22+,34-10+/t28?,29-,36?,39?,45?/m0/s1. The Labute approximate surface area is 347 Å². The molecular weight excluding hydrogens is 752 g/mol. The molecule has 5 atom stereocenters. The number of benzene rings is 2. The summed E-state index contributed by atoms with van der Waals surface area (Å²) in [5, 5.41) is 12.3. The normalized spacial score (nSPS) is 23.0. The molecule has 0 saturated carbocycles. The number of rotatable bonds is 13. The number of nitrogens with zero attached hydrogens (tertiary/aromatic N) is 3. The van der Waals surface area contributed by atoms with Crippen LogP contribution in [0.5, 0.6) is 0 Å². The molecule has 3 aliphatic heterocycles. The Bertz CT molecular complexity index is 1990. The van der Waals surface area contributed by atoms with Gasteiger partial charge >= 0.3 is 0 Å². The number of likely N-dealkylation sites (N-methyl/N-ethyl adjacent to an activating group) is 1. The first-order valence-corrected chi connectivity index (χ1v) is 20.4. The second-order valence-corrected chi connectivity index (χ2v) is 17.4. The Morgan fingerprint density at radius 1 is 1.10 bits per heavy atom. The number of allylic oxidation sites excluding steroid dienone is 3. The van der Waals surface area contributed by atoms with Gasteiger partial charge in [-0.15, -0.1) is 0 Å². The number of likely N-dealkylation sites (tertiary alicyclic amines) is 1. The van der Waals surface area contributed by atoms with Crippen molar-refractivity contribution in [2.24, 2.45) is 11.1 Å². The van der Waals surface area contributed by atoms with E-state index in [4.69, 9.17) is 5.73 Å². The monoisotopic (exact) mass is 812 g/mol. The van der Waals surface area contributed by atoms with Crippen LogP contribution in [0.1, 0.15) is 71.1 Å². The summed E-state index contributed by atoms with van der Waals surface area (Å²) in [5.74, 6) is -2.20. The topological polar surface area (TPSA) is 169 Å². The zero-order chi connectivity index (χ0) is 43.2. The van der Waals surface area contributed by atoms with Crippen molar-refractivity contribution >= 4 is 35.2 Å². The van der Waals surface area contributed by atoms with Gasteiger partial charge in [0.15, 0.2) is 0 Å². The highest BCUT2D eigenvalue weighted by molar-refractivity contribution is 6.03. The molecule has 13 nitrogen and oxygen atoms in total. The van der Waals surface area contributed by atoms with Gasteiger partial charge in [-0.25, -0.2) is 4.39 Å². The summed E-state index contributed by atoms with van der Waals surface area (Å²) in [6.45, 7) is 17.6. The maximum Gasteiger partial charge on any atom is 0.246 e. The first kappa shape index (κ1) is 44.9. The minimum Gasteiger partial charge on any atom is -0.368 e. The fraction of sp³-hybridized carbons (Fsp3) is 0.489. The highest BCUT2D eigenvalue weighted by atomic mass is 19.1. The number of hydrogen-bond donors (Lipinski definition) is 5. The van der Waals surface area contributed by atoms with Crippen LogP contribution in [0.4, 0.5) is 10.1 Å². The fourth-order valence-electron chi connectivity index (χ4n) is 8.04. The maximum atomic E-state index is 14.6. The molecule has 0 bridgehead atoms. The molecule has 14 heteroatoms. The molecule has 2 aromatic carbocycles. The molecule has 2 fully saturated rings. The van der Waals surface area contributed by atoms with Gasteiger partial charge in [0.1, 0.15) is 17.9 Å². The van der Waals surface area contributed by atoms with Crippen LogP contribution in [0.3, 0.4) is 0 Å². The second-order valence-electron chi connectivity index (χ2n) is 17.4. The number of piperidine rings is 1. The Morgan fingerprint density at radius 2 is 1.80 bits per heavy atom. The number of hydrogen-bond acceptors (Lipinski definition) is 8. The molecule has 318 valence electrons. The number of anilines is 1. The van der Waals surface area contributed by atoms with Crippen LogP contribution in [-0.2, 0) is 35.8 Å². The number of fused-ring (bicyclic) bond motifs is 1. The Morgan fingerprint density at radius 3 is 2.42 bits per heavy atom. The van der Waals surface area contributed by atoms with Gasteiger partial charge < -0.3 is 36.8 Å². The average Bonchev–Trinajstić information content (AvgIpc) is 3.49. The number of primary amides is 1. The number of nitrogens with two attached hydrogens (primary N) is 1. The molecule has 2 saturated heterocycles. The molecule has 2 aromatic rings. The van der Waals surface area contributed by atoms with E-state index in [1.807, 2.05) is 45.9 Å². The van der Waals surface area contributed by atoms with Gasteiger partial charge in [-0.05, 0) is 105 Å². The van der Waals surface area contributed by atoms with Crippen molar-refractivity contribution < 1.29 is 28.4 Å². The van der Waals surface area contributed by atoms with Gasteiger partial charge in [-0.2, -0.15) is 0 Å². The summed E-state index contributed by atoms with van der Waals surface area (Å²) in [5.41, 5.74) is 8.35. The zero-order valence-electron chi connectivity index (χ0n) is 35.5. The molecule has 5 rings (SSSR count). The van der Waals surface area contributed by atoms with Crippen LogP contribution < -0.4 is 31.9 Å². The lowest BCUT2D eigenvalue weighted by Crippen LogP contribution is -2.61. The van der Waals surface area contributed by atoms with Crippen molar-refractivity contribution in [3.8, 4) is 0 Å². The van der Waals surface area contributed by atoms with Crippen LogP contribution in [-0.4, -0.2) is 110 Å². The van der Waals surface area contributed by atoms with E-state index < -0.39 is 40.8 Å². The maximum absolute atomic E-state index is 14.6. The van der Waals surface area contributed by atoms with Gasteiger partial charge in [0.25, 0.3) is 0 Å². The number of amides is 5. The SMILES string of the molecule is C=C/C=C(\C=C1/CCC(C(N)=O)N(C(=O)C(NC(=O)[C@H](C)NC)C(C)(C)C)C1)NC(=O)C1(C)CN(C(=O)CN2CCNC(C)C2)c2cc(Cc3ccc(F)cc3)ccc21. The van der Waals surface area contributed by atoms with Gasteiger partial charge in [0.2, 0.25) is 29.5 Å². The number of carbonyl (C=O) groups excluding carboxylic acids is 5. The third kappa shape index (κ3) is 10.7. The van der Waals surface area contributed by atoms with Crippen molar-refractivity contribution in [3.05, 3.63) is 101 Å².